The molecule has 0 unspecified atom stereocenters. The molecule has 0 aliphatic rings. The molecule has 1 heterocycles. The van der Waals surface area contributed by atoms with Crippen LogP contribution in [-0.4, -0.2) is 24.0 Å². The van der Waals surface area contributed by atoms with E-state index in [9.17, 15) is 4.79 Å². The number of aromatic amines is 1. The first-order valence-corrected chi connectivity index (χ1v) is 8.44. The largest absolute Gasteiger partial charge is 0.361 e. The molecule has 2 aromatic carbocycles. The highest BCUT2D eigenvalue weighted by Crippen LogP contribution is 2.17. The first-order valence-electron chi connectivity index (χ1n) is 8.44. The molecule has 0 bridgehead atoms. The fourth-order valence-electron chi connectivity index (χ4n) is 2.92. The minimum atomic E-state index is 0.0811. The molecule has 0 radical (unpaired) electrons. The fraction of sp³-hybridized carbons (Fsp3) is 0.250. The number of rotatable bonds is 7. The van der Waals surface area contributed by atoms with Crippen molar-refractivity contribution in [1.29, 1.82) is 0 Å². The van der Waals surface area contributed by atoms with E-state index < -0.39 is 0 Å². The van der Waals surface area contributed by atoms with E-state index in [0.717, 1.165) is 11.9 Å². The zero-order chi connectivity index (χ0) is 16.8. The molecule has 24 heavy (non-hydrogen) atoms. The van der Waals surface area contributed by atoms with E-state index in [0.29, 0.717) is 13.1 Å². The standard InChI is InChI=1S/C20H23N3O/c1-15(16-7-3-2-4-8-16)22-14-20(24)21-12-11-17-13-23-19-10-6-5-9-18(17)19/h2-10,13,15,22-23H,11-12,14H2,1H3,(H,21,24)/p+1/t15-/m0/s1. The molecule has 4 heteroatoms. The SMILES string of the molecule is C[C@H]([NH2+]CC(=O)NCCc1c[nH]c2ccccc12)c1ccccc1. The Hall–Kier alpha value is -2.59. The van der Waals surface area contributed by atoms with Crippen molar-refractivity contribution in [2.24, 2.45) is 0 Å². The van der Waals surface area contributed by atoms with E-state index in [1.165, 1.54) is 16.5 Å². The number of nitrogens with one attached hydrogen (secondary N) is 2. The predicted octanol–water partition coefficient (Wildman–Crippen LogP) is 2.15. The summed E-state index contributed by atoms with van der Waals surface area (Å²) in [6.45, 7) is 3.23. The average Bonchev–Trinajstić information content (AvgIpc) is 3.04. The van der Waals surface area contributed by atoms with Crippen LogP contribution in [0.25, 0.3) is 10.9 Å². The Morgan fingerprint density at radius 2 is 1.88 bits per heavy atom. The van der Waals surface area contributed by atoms with Gasteiger partial charge in [-0.05, 0) is 25.0 Å². The molecular formula is C20H24N3O+. The van der Waals surface area contributed by atoms with Gasteiger partial charge in [-0.2, -0.15) is 0 Å². The highest BCUT2D eigenvalue weighted by atomic mass is 16.1. The van der Waals surface area contributed by atoms with Crippen LogP contribution in [0.2, 0.25) is 0 Å². The summed E-state index contributed by atoms with van der Waals surface area (Å²) in [5.74, 6) is 0.0811. The summed E-state index contributed by atoms with van der Waals surface area (Å²) in [7, 11) is 0. The molecule has 3 rings (SSSR count). The average molecular weight is 322 g/mol. The van der Waals surface area contributed by atoms with Crippen LogP contribution in [0.1, 0.15) is 24.1 Å². The zero-order valence-electron chi connectivity index (χ0n) is 14.0. The van der Waals surface area contributed by atoms with Crippen molar-refractivity contribution in [2.45, 2.75) is 19.4 Å². The van der Waals surface area contributed by atoms with Crippen molar-refractivity contribution in [3.05, 3.63) is 71.9 Å². The van der Waals surface area contributed by atoms with Gasteiger partial charge in [0.25, 0.3) is 5.91 Å². The fourth-order valence-corrected chi connectivity index (χ4v) is 2.92. The summed E-state index contributed by atoms with van der Waals surface area (Å²) in [6, 6.07) is 18.8. The maximum atomic E-state index is 12.0. The number of para-hydroxylation sites is 1. The van der Waals surface area contributed by atoms with Crippen LogP contribution < -0.4 is 10.6 Å². The second-order valence-electron chi connectivity index (χ2n) is 6.10. The van der Waals surface area contributed by atoms with E-state index in [4.69, 9.17) is 0 Å². The second kappa shape index (κ2) is 7.79. The topological polar surface area (TPSA) is 61.5 Å². The maximum absolute atomic E-state index is 12.0. The van der Waals surface area contributed by atoms with Gasteiger partial charge in [-0.15, -0.1) is 0 Å². The third kappa shape index (κ3) is 4.03. The first-order chi connectivity index (χ1) is 11.7. The van der Waals surface area contributed by atoms with Gasteiger partial charge in [-0.25, -0.2) is 0 Å². The van der Waals surface area contributed by atoms with Gasteiger partial charge in [0.05, 0.1) is 0 Å². The van der Waals surface area contributed by atoms with Crippen molar-refractivity contribution in [1.82, 2.24) is 10.3 Å². The predicted molar refractivity (Wildman–Crippen MR) is 96.7 cm³/mol. The lowest BCUT2D eigenvalue weighted by Gasteiger charge is -2.11. The van der Waals surface area contributed by atoms with Crippen LogP contribution >= 0.6 is 0 Å². The molecule has 0 saturated heterocycles. The molecule has 4 N–H and O–H groups in total. The second-order valence-corrected chi connectivity index (χ2v) is 6.10. The quantitative estimate of drug-likeness (QED) is 0.613. The van der Waals surface area contributed by atoms with Crippen molar-refractivity contribution >= 4 is 16.8 Å². The number of aromatic nitrogens is 1. The van der Waals surface area contributed by atoms with Gasteiger partial charge in [0, 0.05) is 29.2 Å². The minimum absolute atomic E-state index is 0.0811. The molecule has 124 valence electrons. The van der Waals surface area contributed by atoms with Gasteiger partial charge in [0.1, 0.15) is 6.04 Å². The van der Waals surface area contributed by atoms with Crippen molar-refractivity contribution in [3.8, 4) is 0 Å². The smallest absolute Gasteiger partial charge is 0.275 e. The van der Waals surface area contributed by atoms with Gasteiger partial charge in [0.2, 0.25) is 0 Å². The Balaban J connectivity index is 1.43. The molecular weight excluding hydrogens is 298 g/mol. The van der Waals surface area contributed by atoms with Crippen molar-refractivity contribution < 1.29 is 10.1 Å². The molecule has 0 spiro atoms. The number of carbonyl (C=O) groups is 1. The molecule has 0 saturated carbocycles. The summed E-state index contributed by atoms with van der Waals surface area (Å²) in [5, 5.41) is 6.31. The van der Waals surface area contributed by atoms with E-state index in [2.05, 4.69) is 46.8 Å². The minimum Gasteiger partial charge on any atom is -0.361 e. The van der Waals surface area contributed by atoms with Crippen LogP contribution in [0, 0.1) is 0 Å². The third-order valence-electron chi connectivity index (χ3n) is 4.37. The van der Waals surface area contributed by atoms with E-state index in [1.807, 2.05) is 36.5 Å². The summed E-state index contributed by atoms with van der Waals surface area (Å²) in [4.78, 5) is 15.3. The molecule has 0 fully saturated rings. The Labute approximate surface area is 142 Å². The van der Waals surface area contributed by atoms with Crippen molar-refractivity contribution in [2.75, 3.05) is 13.1 Å². The monoisotopic (exact) mass is 322 g/mol. The zero-order valence-corrected chi connectivity index (χ0v) is 14.0. The van der Waals surface area contributed by atoms with E-state index >= 15 is 0 Å². The lowest BCUT2D eigenvalue weighted by Crippen LogP contribution is -2.87. The van der Waals surface area contributed by atoms with Gasteiger partial charge in [-0.1, -0.05) is 48.5 Å². The number of quaternary nitrogens is 1. The third-order valence-corrected chi connectivity index (χ3v) is 4.37. The lowest BCUT2D eigenvalue weighted by atomic mass is 10.1. The van der Waals surface area contributed by atoms with Crippen LogP contribution in [0.4, 0.5) is 0 Å². The van der Waals surface area contributed by atoms with Gasteiger partial charge in [0.15, 0.2) is 6.54 Å². The van der Waals surface area contributed by atoms with Crippen LogP contribution in [-0.2, 0) is 11.2 Å². The number of fused-ring (bicyclic) bond motifs is 1. The summed E-state index contributed by atoms with van der Waals surface area (Å²) >= 11 is 0. The highest BCUT2D eigenvalue weighted by molar-refractivity contribution is 5.83. The Morgan fingerprint density at radius 3 is 2.71 bits per heavy atom. The summed E-state index contributed by atoms with van der Waals surface area (Å²) in [6.07, 6.45) is 2.87. The number of amides is 1. The molecule has 1 aromatic heterocycles. The number of hydrogen-bond donors (Lipinski definition) is 3. The first kappa shape index (κ1) is 16.3. The summed E-state index contributed by atoms with van der Waals surface area (Å²) < 4.78 is 0. The Kier molecular flexibility index (Phi) is 5.29. The number of H-pyrrole nitrogens is 1. The van der Waals surface area contributed by atoms with Gasteiger partial charge >= 0.3 is 0 Å². The molecule has 1 atom stereocenters. The highest BCUT2D eigenvalue weighted by Gasteiger charge is 2.11. The molecule has 0 aliphatic carbocycles. The maximum Gasteiger partial charge on any atom is 0.275 e. The number of benzene rings is 2. The summed E-state index contributed by atoms with van der Waals surface area (Å²) in [5.41, 5.74) is 3.63. The lowest BCUT2D eigenvalue weighted by molar-refractivity contribution is -0.682. The molecule has 4 nitrogen and oxygen atoms in total. The Bertz CT molecular complexity index is 795. The van der Waals surface area contributed by atoms with Crippen LogP contribution in [0.3, 0.4) is 0 Å². The molecule has 3 aromatic rings. The molecule has 0 aliphatic heterocycles. The van der Waals surface area contributed by atoms with Gasteiger partial charge in [-0.3, -0.25) is 4.79 Å². The Morgan fingerprint density at radius 1 is 1.12 bits per heavy atom. The number of hydrogen-bond acceptors (Lipinski definition) is 1. The number of carbonyl (C=O) groups excluding carboxylic acids is 1. The van der Waals surface area contributed by atoms with Crippen LogP contribution in [0.5, 0.6) is 0 Å². The van der Waals surface area contributed by atoms with E-state index in [-0.39, 0.29) is 11.9 Å². The van der Waals surface area contributed by atoms with Gasteiger partial charge < -0.3 is 15.6 Å². The van der Waals surface area contributed by atoms with Crippen LogP contribution in [0.15, 0.2) is 60.8 Å². The normalized spacial score (nSPS) is 12.2. The van der Waals surface area contributed by atoms with E-state index in [1.54, 1.807) is 0 Å². The molecule has 1 amide bonds. The number of nitrogens with two attached hydrogens (primary N) is 1. The van der Waals surface area contributed by atoms with Crippen molar-refractivity contribution in [3.63, 3.8) is 0 Å².